The Morgan fingerprint density at radius 3 is 1.42 bits per heavy atom. The van der Waals surface area contributed by atoms with E-state index in [2.05, 4.69) is 0 Å². The lowest BCUT2D eigenvalue weighted by Gasteiger charge is -2.56. The second-order valence-corrected chi connectivity index (χ2v) is 6.21. The van der Waals surface area contributed by atoms with Crippen LogP contribution in [-0.4, -0.2) is 49.6 Å². The van der Waals surface area contributed by atoms with Gasteiger partial charge in [0, 0.05) is 0 Å². The predicted octanol–water partition coefficient (Wildman–Crippen LogP) is 2.24. The number of benzene rings is 2. The molecule has 0 N–H and O–H groups in total. The van der Waals surface area contributed by atoms with Gasteiger partial charge in [-0.05, 0) is 24.3 Å². The highest BCUT2D eigenvalue weighted by Gasteiger charge is 2.58. The Labute approximate surface area is 150 Å². The fraction of sp³-hybridized carbons (Fsp3) is 0.300. The zero-order valence-electron chi connectivity index (χ0n) is 13.9. The SMILES string of the molecule is O=C(OCC1OC2C(COC(=O)c3ccccc3)OC12)c1ccccc1. The van der Waals surface area contributed by atoms with E-state index in [1.807, 2.05) is 12.1 Å². The van der Waals surface area contributed by atoms with E-state index in [9.17, 15) is 9.59 Å². The Morgan fingerprint density at radius 1 is 0.692 bits per heavy atom. The smallest absolute Gasteiger partial charge is 0.338 e. The van der Waals surface area contributed by atoms with Crippen molar-refractivity contribution in [3.05, 3.63) is 71.8 Å². The molecule has 6 heteroatoms. The summed E-state index contributed by atoms with van der Waals surface area (Å²) in [6, 6.07) is 17.6. The van der Waals surface area contributed by atoms with Crippen LogP contribution in [0.5, 0.6) is 0 Å². The predicted molar refractivity (Wildman–Crippen MR) is 90.8 cm³/mol. The molecule has 0 bridgehead atoms. The standard InChI is InChI=1S/C20H18O6/c21-19(13-7-3-1-4-8-13)23-11-15-17-18(25-15)16(26-17)12-24-20(22)14-9-5-2-6-10-14/h1-10,15-18H,11-12H2. The van der Waals surface area contributed by atoms with Crippen molar-refractivity contribution in [2.24, 2.45) is 0 Å². The minimum absolute atomic E-state index is 0.112. The number of hydrogen-bond acceptors (Lipinski definition) is 6. The summed E-state index contributed by atoms with van der Waals surface area (Å²) in [5, 5.41) is 0. The summed E-state index contributed by atoms with van der Waals surface area (Å²) in [6.07, 6.45) is -0.763. The van der Waals surface area contributed by atoms with Crippen LogP contribution in [0.1, 0.15) is 20.7 Å². The Morgan fingerprint density at radius 2 is 1.08 bits per heavy atom. The van der Waals surface area contributed by atoms with E-state index < -0.39 is 0 Å². The van der Waals surface area contributed by atoms with Crippen LogP contribution in [0.25, 0.3) is 0 Å². The first-order valence-electron chi connectivity index (χ1n) is 8.47. The average Bonchev–Trinajstić information content (AvgIpc) is 2.69. The van der Waals surface area contributed by atoms with Gasteiger partial charge in [-0.3, -0.25) is 0 Å². The summed E-state index contributed by atoms with van der Waals surface area (Å²) < 4.78 is 21.9. The first-order chi connectivity index (χ1) is 12.7. The van der Waals surface area contributed by atoms with Crippen LogP contribution in [0.3, 0.4) is 0 Å². The average molecular weight is 354 g/mol. The van der Waals surface area contributed by atoms with Crippen molar-refractivity contribution in [1.29, 1.82) is 0 Å². The lowest BCUT2D eigenvalue weighted by atomic mass is 9.90. The second kappa shape index (κ2) is 7.27. The largest absolute Gasteiger partial charge is 0.459 e. The quantitative estimate of drug-likeness (QED) is 0.741. The van der Waals surface area contributed by atoms with E-state index in [4.69, 9.17) is 18.9 Å². The molecule has 2 heterocycles. The number of carbonyl (C=O) groups excluding carboxylic acids is 2. The van der Waals surface area contributed by atoms with Gasteiger partial charge in [-0.2, -0.15) is 0 Å². The maximum absolute atomic E-state index is 11.9. The summed E-state index contributed by atoms with van der Waals surface area (Å²) in [5.41, 5.74) is 1.01. The van der Waals surface area contributed by atoms with Gasteiger partial charge in [0.25, 0.3) is 0 Å². The van der Waals surface area contributed by atoms with Gasteiger partial charge in [0.2, 0.25) is 0 Å². The van der Waals surface area contributed by atoms with Gasteiger partial charge in [0.1, 0.15) is 37.6 Å². The van der Waals surface area contributed by atoms with E-state index in [-0.39, 0.29) is 49.6 Å². The Hall–Kier alpha value is -2.70. The van der Waals surface area contributed by atoms with E-state index in [0.29, 0.717) is 11.1 Å². The molecule has 0 aromatic heterocycles. The highest BCUT2D eigenvalue weighted by Crippen LogP contribution is 2.39. The van der Waals surface area contributed by atoms with Crippen molar-refractivity contribution < 1.29 is 28.5 Å². The third kappa shape index (κ3) is 3.34. The molecule has 4 atom stereocenters. The fourth-order valence-electron chi connectivity index (χ4n) is 3.03. The monoisotopic (exact) mass is 354 g/mol. The van der Waals surface area contributed by atoms with Crippen molar-refractivity contribution in [3.8, 4) is 0 Å². The summed E-state index contributed by atoms with van der Waals surface area (Å²) in [5.74, 6) is -0.768. The first-order valence-corrected chi connectivity index (χ1v) is 8.47. The molecule has 2 saturated heterocycles. The number of esters is 2. The van der Waals surface area contributed by atoms with Crippen LogP contribution in [0.15, 0.2) is 60.7 Å². The molecule has 2 aliphatic rings. The Bertz CT molecular complexity index is 708. The molecule has 26 heavy (non-hydrogen) atoms. The number of hydrogen-bond donors (Lipinski definition) is 0. The maximum atomic E-state index is 11.9. The molecule has 134 valence electrons. The summed E-state index contributed by atoms with van der Waals surface area (Å²) in [4.78, 5) is 23.8. The zero-order valence-corrected chi connectivity index (χ0v) is 13.9. The van der Waals surface area contributed by atoms with Crippen molar-refractivity contribution in [2.45, 2.75) is 24.4 Å². The van der Waals surface area contributed by atoms with Crippen molar-refractivity contribution in [1.82, 2.24) is 0 Å². The molecule has 2 aromatic rings. The van der Waals surface area contributed by atoms with Crippen molar-refractivity contribution in [3.63, 3.8) is 0 Å². The van der Waals surface area contributed by atoms with Gasteiger partial charge < -0.3 is 18.9 Å². The highest BCUT2D eigenvalue weighted by atomic mass is 16.7. The third-order valence-electron chi connectivity index (χ3n) is 4.50. The molecule has 2 fully saturated rings. The number of fused-ring (bicyclic) bond motifs is 1. The number of ether oxygens (including phenoxy) is 4. The highest BCUT2D eigenvalue weighted by molar-refractivity contribution is 5.89. The van der Waals surface area contributed by atoms with Gasteiger partial charge >= 0.3 is 11.9 Å². The molecule has 6 nitrogen and oxygen atoms in total. The molecule has 0 saturated carbocycles. The first kappa shape index (κ1) is 16.8. The third-order valence-corrected chi connectivity index (χ3v) is 4.50. The van der Waals surface area contributed by atoms with Gasteiger partial charge in [-0.25, -0.2) is 9.59 Å². The summed E-state index contributed by atoms with van der Waals surface area (Å²) in [6.45, 7) is 0.289. The van der Waals surface area contributed by atoms with Crippen LogP contribution in [0, 0.1) is 0 Å². The van der Waals surface area contributed by atoms with Crippen LogP contribution in [0.2, 0.25) is 0 Å². The zero-order chi connectivity index (χ0) is 17.9. The molecule has 2 aromatic carbocycles. The molecule has 0 radical (unpaired) electrons. The van der Waals surface area contributed by atoms with Gasteiger partial charge in [0.05, 0.1) is 11.1 Å². The summed E-state index contributed by atoms with van der Waals surface area (Å²) >= 11 is 0. The van der Waals surface area contributed by atoms with Crippen LogP contribution in [-0.2, 0) is 18.9 Å². The molecule has 0 spiro atoms. The molecular formula is C20H18O6. The molecule has 4 rings (SSSR count). The lowest BCUT2D eigenvalue weighted by Crippen LogP contribution is -2.72. The Balaban J connectivity index is 1.17. The van der Waals surface area contributed by atoms with Crippen LogP contribution >= 0.6 is 0 Å². The molecular weight excluding hydrogens is 336 g/mol. The summed E-state index contributed by atoms with van der Waals surface area (Å²) in [7, 11) is 0. The number of rotatable bonds is 6. The van der Waals surface area contributed by atoms with Crippen LogP contribution < -0.4 is 0 Å². The topological polar surface area (TPSA) is 71.1 Å². The van der Waals surface area contributed by atoms with Gasteiger partial charge in [-0.15, -0.1) is 0 Å². The van der Waals surface area contributed by atoms with E-state index >= 15 is 0 Å². The minimum Gasteiger partial charge on any atom is -0.459 e. The van der Waals surface area contributed by atoms with Gasteiger partial charge in [-0.1, -0.05) is 36.4 Å². The minimum atomic E-state index is -0.384. The van der Waals surface area contributed by atoms with E-state index in [1.54, 1.807) is 48.5 Å². The van der Waals surface area contributed by atoms with Crippen molar-refractivity contribution in [2.75, 3.05) is 13.2 Å². The molecule has 0 amide bonds. The second-order valence-electron chi connectivity index (χ2n) is 6.21. The van der Waals surface area contributed by atoms with Crippen LogP contribution in [0.4, 0.5) is 0 Å². The molecule has 4 unspecified atom stereocenters. The van der Waals surface area contributed by atoms with E-state index in [1.165, 1.54) is 0 Å². The van der Waals surface area contributed by atoms with Gasteiger partial charge in [0.15, 0.2) is 0 Å². The maximum Gasteiger partial charge on any atom is 0.338 e. The normalized spacial score (nSPS) is 26.0. The van der Waals surface area contributed by atoms with Crippen molar-refractivity contribution >= 4 is 11.9 Å². The van der Waals surface area contributed by atoms with E-state index in [0.717, 1.165) is 0 Å². The number of carbonyl (C=O) groups is 2. The molecule has 2 aliphatic heterocycles. The molecule has 0 aliphatic carbocycles. The Kier molecular flexibility index (Phi) is 4.69. The fourth-order valence-corrected chi connectivity index (χ4v) is 3.03. The lowest BCUT2D eigenvalue weighted by molar-refractivity contribution is -0.376.